The number of hydrogen-bond donors (Lipinski definition) is 22. The highest BCUT2D eigenvalue weighted by atomic mass is 16.8. The lowest BCUT2D eigenvalue weighted by atomic mass is 9.62. The standard InChI is InChI=1S/C108H76N2O34/c111-6-15-95-82(119)89(126)103(133-15)141-97-17(8-113)135-105(91(128)84(97)121)143-99-19(10-115)137-107(93(130)86(99)123)144-100-20(11-116)136-106(92(129)85(100)122)142-98-18(9-114)134-104(90(127)83(98)120)140-96-16(7-112)132-102(88(125)81(96)118)138-94-14(131-101(139-95)87(124)80(94)117)5-109-12-1-3-13(4-2-12)110-108-77-73-67-53-45-37-25-22-21-23-26(25)38-40-36-30(23)32-28-24(21)27-31-29(22)35-39(37)51(53)59-57-43(35)41(31)49-47-33(27)34(28)48-50-42(32)44(36)58-60-52(40)54(46(38)45)68(67)74(77)70(60)72-64(58)62(50)66-56(48)55(47)65-61(49)63(57)71(69(59)73)78(108)75(65)76(66)79(72)108/h1-4,14-20,77,80-107,109-130H,5-11H2/t14-,15-,16-,17-,18-,19-,20-,77?,80-,81-,82-,83-,84-,85-,86-,87-,88-,89-,90-,91-,92-,93-,94-,95-,96-,97-,98-,99-,100-,101-,102-,103-,104-,105-,106-,107-,108?/m1/s1. The zero-order valence-electron chi connectivity index (χ0n) is 74.2. The third-order valence-electron chi connectivity index (χ3n) is 39.5. The van der Waals surface area contributed by atoms with E-state index in [0.29, 0.717) is 5.69 Å². The molecule has 35 atom stereocenters. The van der Waals surface area contributed by atoms with Gasteiger partial charge in [0, 0.05) is 23.8 Å². The Morgan fingerprint density at radius 2 is 0.333 bits per heavy atom. The first-order valence-electron chi connectivity index (χ1n) is 49.8. The molecule has 722 valence electrons. The van der Waals surface area contributed by atoms with Crippen LogP contribution in [0.25, 0.3) is 291 Å². The number of nitrogens with one attached hydrogen (secondary N) is 2. The lowest BCUT2D eigenvalue weighted by molar-refractivity contribution is -0.396. The Hall–Kier alpha value is -10.1. The van der Waals surface area contributed by atoms with Crippen LogP contribution in [0.3, 0.4) is 0 Å². The number of benzene rings is 19. The van der Waals surface area contributed by atoms with E-state index in [1.165, 1.54) is 313 Å². The Bertz CT molecular complexity index is 9800. The zero-order chi connectivity index (χ0) is 95.0. The fraction of sp³-hybridized carbons (Fsp3) is 0.407. The third-order valence-corrected chi connectivity index (χ3v) is 39.5. The molecule has 29 aromatic rings. The second-order valence-corrected chi connectivity index (χ2v) is 44.6. The molecule has 21 fully saturated rings. The number of hydrogen-bond acceptors (Lipinski definition) is 36. The second kappa shape index (κ2) is 23.9. The smallest absolute Gasteiger partial charge is 0.187 e. The van der Waals surface area contributed by atoms with Crippen LogP contribution in [-0.2, 0) is 71.9 Å². The zero-order valence-corrected chi connectivity index (χ0v) is 74.2. The molecule has 0 aromatic heterocycles. The Morgan fingerprint density at radius 3 is 0.528 bits per heavy atom. The molecule has 36 nitrogen and oxygen atoms in total. The molecule has 4 aliphatic carbocycles. The quantitative estimate of drug-likeness (QED) is 0.0825. The van der Waals surface area contributed by atoms with Crippen LogP contribution < -0.4 is 10.6 Å². The van der Waals surface area contributed by atoms with Gasteiger partial charge in [-0.05, 0) is 337 Å². The van der Waals surface area contributed by atoms with Crippen molar-refractivity contribution in [3.05, 3.63) is 46.5 Å². The highest BCUT2D eigenvalue weighted by molar-refractivity contribution is 6.82. The van der Waals surface area contributed by atoms with E-state index < -0.39 is 260 Å². The van der Waals surface area contributed by atoms with Gasteiger partial charge in [-0.3, -0.25) is 0 Å². The summed E-state index contributed by atoms with van der Waals surface area (Å²) in [6.45, 7) is -6.69. The molecule has 21 aliphatic heterocycles. The van der Waals surface area contributed by atoms with Crippen molar-refractivity contribution in [2.24, 2.45) is 0 Å². The summed E-state index contributed by atoms with van der Waals surface area (Å²) in [7, 11) is 0. The number of rotatable bonds is 11. The number of aliphatic hydroxyl groups is 20. The van der Waals surface area contributed by atoms with Crippen molar-refractivity contribution in [1.82, 2.24) is 0 Å². The number of ether oxygens (including phenoxy) is 14. The average Bonchev–Trinajstić information content (AvgIpc) is 1.38. The predicted molar refractivity (Wildman–Crippen MR) is 515 cm³/mol. The molecule has 14 bridgehead atoms. The summed E-state index contributed by atoms with van der Waals surface area (Å²) >= 11 is 0. The Balaban J connectivity index is 0.454. The van der Waals surface area contributed by atoms with E-state index in [9.17, 15) is 102 Å². The fourth-order valence-electron chi connectivity index (χ4n) is 34.9. The van der Waals surface area contributed by atoms with Gasteiger partial charge in [0.1, 0.15) is 176 Å². The molecule has 29 aromatic carbocycles. The molecular weight excluding hydrogens is 1870 g/mol. The maximum Gasteiger partial charge on any atom is 0.187 e. The Kier molecular flexibility index (Phi) is 13.1. The van der Waals surface area contributed by atoms with E-state index in [1.807, 2.05) is 12.1 Å². The first-order chi connectivity index (χ1) is 70.1. The first-order valence-corrected chi connectivity index (χ1v) is 49.8. The van der Waals surface area contributed by atoms with E-state index in [1.54, 1.807) is 0 Å². The van der Waals surface area contributed by atoms with Gasteiger partial charge in [-0.25, -0.2) is 0 Å². The Labute approximate surface area is 796 Å². The normalized spacial score (nSPS) is 39.5. The third kappa shape index (κ3) is 7.32. The molecule has 0 saturated carbocycles. The average molecular weight is 1950 g/mol. The summed E-state index contributed by atoms with van der Waals surface area (Å²) in [5, 5.41) is 321. The molecule has 0 radical (unpaired) electrons. The molecule has 21 heterocycles. The minimum atomic E-state index is -2.25. The Morgan fingerprint density at radius 1 is 0.181 bits per heavy atom. The molecule has 54 rings (SSSR count). The molecule has 0 amide bonds. The molecule has 0 spiro atoms. The summed E-state index contributed by atoms with van der Waals surface area (Å²) in [6, 6.07) is 8.00. The number of aliphatic hydroxyl groups excluding tert-OH is 20. The monoisotopic (exact) mass is 1940 g/mol. The molecule has 36 heteroatoms. The van der Waals surface area contributed by atoms with Gasteiger partial charge in [-0.2, -0.15) is 0 Å². The van der Waals surface area contributed by atoms with Crippen molar-refractivity contribution >= 4 is 302 Å². The summed E-state index contributed by atoms with van der Waals surface area (Å²) < 4.78 is 85.1. The highest BCUT2D eigenvalue weighted by Gasteiger charge is 2.67. The maximum absolute atomic E-state index is 12.8. The van der Waals surface area contributed by atoms with Crippen molar-refractivity contribution < 1.29 is 168 Å². The van der Waals surface area contributed by atoms with Crippen molar-refractivity contribution in [3.8, 4) is 0 Å². The van der Waals surface area contributed by atoms with Crippen molar-refractivity contribution in [1.29, 1.82) is 0 Å². The van der Waals surface area contributed by atoms with Crippen LogP contribution >= 0.6 is 0 Å². The van der Waals surface area contributed by atoms with Crippen LogP contribution in [0.15, 0.2) is 24.3 Å². The van der Waals surface area contributed by atoms with Gasteiger partial charge >= 0.3 is 0 Å². The lowest BCUT2D eigenvalue weighted by Crippen LogP contribution is -2.68. The SMILES string of the molecule is OC[C@H]1O[C@@H]2O[C@H]3[C@H](O)[C@@H](O)[C@@H](O[C@H]4[C@H](O)[C@@H](O)[C@@H](O[C@H]5[C@H](O)[C@@H](O)[C@@H](O[C@H]6[C@H](O)[C@@H](O)[C@@H](O[C@H]7[C@H](O)[C@@H](O)[C@@H](O[C@H]8[C@H](O)[C@@H](O)[C@@H](O[C@H]1[C@H](O)[C@H]2O)O[C@@H]8CO)O[C@@H]7CO)O[C@@H]6CO)O[C@@H]5CNc1ccc(NC25c6c7c8c9c%10c%11c(c%12c%13c2c2c6c6c%14c7c7c8c8c%10c%10c%15c%11c%11c%12c%12c%13c%13c2c2c6c6c%14c%14c7c7c8c%10c8c%10c%15c%11c%11c%12c%12c%13c2c2c6c6c%14c7c8c7c%10c%11c%12c2c67)C95)cc1)O[C@@H]4CO)O[C@@H]3CO. The summed E-state index contributed by atoms with van der Waals surface area (Å²) in [4.78, 5) is 0. The van der Waals surface area contributed by atoms with Crippen LogP contribution in [0.2, 0.25) is 0 Å². The summed E-state index contributed by atoms with van der Waals surface area (Å²) in [5.74, 6) is -0.191. The molecule has 144 heavy (non-hydrogen) atoms. The maximum atomic E-state index is 12.8. The van der Waals surface area contributed by atoms with Gasteiger partial charge in [-0.15, -0.1) is 0 Å². The van der Waals surface area contributed by atoms with Crippen LogP contribution in [0.4, 0.5) is 11.4 Å². The van der Waals surface area contributed by atoms with Gasteiger partial charge in [-0.1, -0.05) is 0 Å². The van der Waals surface area contributed by atoms with Crippen LogP contribution in [-0.4, -0.2) is 363 Å². The summed E-state index contributed by atoms with van der Waals surface area (Å²) in [6.07, 6.45) is -71.0. The van der Waals surface area contributed by atoms with E-state index >= 15 is 0 Å². The molecular formula is C108H76N2O34. The minimum Gasteiger partial charge on any atom is -0.394 e. The van der Waals surface area contributed by atoms with E-state index in [2.05, 4.69) is 22.8 Å². The predicted octanol–water partition coefficient (Wildman–Crippen LogP) is 3.41. The largest absolute Gasteiger partial charge is 0.394 e. The lowest BCUT2D eigenvalue weighted by Gasteiger charge is -2.50. The van der Waals surface area contributed by atoms with E-state index in [0.717, 1.165) is 5.69 Å². The minimum absolute atomic E-state index is 0.191. The van der Waals surface area contributed by atoms with Gasteiger partial charge in [0.2, 0.25) is 0 Å². The number of anilines is 2. The fourth-order valence-corrected chi connectivity index (χ4v) is 34.9. The van der Waals surface area contributed by atoms with Gasteiger partial charge in [0.15, 0.2) is 44.0 Å². The van der Waals surface area contributed by atoms with E-state index in [-0.39, 0.29) is 12.5 Å². The first kappa shape index (κ1) is 79.1. The molecule has 21 saturated heterocycles. The topological polar surface area (TPSA) is 558 Å². The van der Waals surface area contributed by atoms with Gasteiger partial charge in [0.05, 0.1) is 39.6 Å². The van der Waals surface area contributed by atoms with Crippen LogP contribution in [0.1, 0.15) is 28.2 Å². The van der Waals surface area contributed by atoms with Crippen molar-refractivity contribution in [2.75, 3.05) is 56.8 Å². The van der Waals surface area contributed by atoms with Crippen molar-refractivity contribution in [2.45, 2.75) is 226 Å². The molecule has 0 unspecified atom stereocenters. The second-order valence-electron chi connectivity index (χ2n) is 44.6. The van der Waals surface area contributed by atoms with E-state index in [4.69, 9.17) is 66.3 Å². The molecule has 25 aliphatic rings. The van der Waals surface area contributed by atoms with Gasteiger partial charge < -0.3 is 179 Å². The van der Waals surface area contributed by atoms with Crippen molar-refractivity contribution in [3.63, 3.8) is 0 Å². The molecule has 22 N–H and O–H groups in total. The summed E-state index contributed by atoms with van der Waals surface area (Å²) in [5.41, 5.74) is 6.05. The van der Waals surface area contributed by atoms with Crippen LogP contribution in [0, 0.1) is 0 Å². The highest BCUT2D eigenvalue weighted by Crippen LogP contribution is 2.84. The van der Waals surface area contributed by atoms with Crippen LogP contribution in [0.5, 0.6) is 0 Å². The van der Waals surface area contributed by atoms with Gasteiger partial charge in [0.25, 0.3) is 0 Å².